The summed E-state index contributed by atoms with van der Waals surface area (Å²) in [6.07, 6.45) is 4.76. The predicted molar refractivity (Wildman–Crippen MR) is 200 cm³/mol. The van der Waals surface area contributed by atoms with Gasteiger partial charge in [0, 0.05) is 52.8 Å². The lowest BCUT2D eigenvalue weighted by atomic mass is 9.95. The Labute approximate surface area is 273 Å². The SMILES string of the molecule is c1ccc2c(c1)sc1c(-n3c4c(c5ccc6c(c7ccccc7n6-c6cccc7c6sc6ccccc67)c53)CCCC4)cccc12. The zero-order valence-electron chi connectivity index (χ0n) is 25.1. The van der Waals surface area contributed by atoms with Crippen LogP contribution in [0.4, 0.5) is 0 Å². The first-order valence-corrected chi connectivity index (χ1v) is 17.9. The molecule has 46 heavy (non-hydrogen) atoms. The van der Waals surface area contributed by atoms with Gasteiger partial charge in [-0.05, 0) is 67.6 Å². The van der Waals surface area contributed by atoms with Crippen LogP contribution in [0.15, 0.2) is 121 Å². The van der Waals surface area contributed by atoms with Crippen LogP contribution in [0, 0.1) is 0 Å². The Bertz CT molecular complexity index is 2870. The van der Waals surface area contributed by atoms with Crippen LogP contribution >= 0.6 is 22.7 Å². The highest BCUT2D eigenvalue weighted by molar-refractivity contribution is 7.26. The number of rotatable bonds is 2. The van der Waals surface area contributed by atoms with Crippen molar-refractivity contribution >= 4 is 95.7 Å². The molecular formula is C42H28N2S2. The van der Waals surface area contributed by atoms with Gasteiger partial charge in [0.05, 0.1) is 37.3 Å². The zero-order valence-corrected chi connectivity index (χ0v) is 26.7. The Hall–Kier alpha value is -4.90. The quantitative estimate of drug-likeness (QED) is 0.181. The van der Waals surface area contributed by atoms with Crippen LogP contribution in [0.2, 0.25) is 0 Å². The molecule has 0 atom stereocenters. The summed E-state index contributed by atoms with van der Waals surface area (Å²) >= 11 is 3.84. The number of nitrogens with zero attached hydrogens (tertiary/aromatic N) is 2. The molecule has 0 bridgehead atoms. The van der Waals surface area contributed by atoms with Crippen molar-refractivity contribution in [1.82, 2.24) is 9.13 Å². The van der Waals surface area contributed by atoms with Gasteiger partial charge in [0.1, 0.15) is 0 Å². The van der Waals surface area contributed by atoms with E-state index in [1.807, 2.05) is 22.7 Å². The Balaban J connectivity index is 1.32. The standard InChI is InChI=1S/C42H28N2S2/c1-5-17-32-25(11-1)28-23-24-34-39(40(28)44(32)36-20-10-16-30-27-13-4-8-22-38(27)46-42(30)36)31-14-2-6-18-33(31)43(34)35-19-9-15-29-26-12-3-7-21-37(26)45-41(29)35/h2-4,6-10,12-16,18-24H,1,5,11,17H2. The first-order valence-electron chi connectivity index (χ1n) is 16.2. The fourth-order valence-corrected chi connectivity index (χ4v) is 10.8. The lowest BCUT2D eigenvalue weighted by molar-refractivity contribution is 0.667. The van der Waals surface area contributed by atoms with Crippen molar-refractivity contribution in [2.75, 3.05) is 0 Å². The first-order chi connectivity index (χ1) is 22.8. The summed E-state index contributed by atoms with van der Waals surface area (Å²) in [6.45, 7) is 0. The molecule has 0 fully saturated rings. The van der Waals surface area contributed by atoms with Gasteiger partial charge < -0.3 is 9.13 Å². The molecule has 0 unspecified atom stereocenters. The molecule has 1 aliphatic rings. The highest BCUT2D eigenvalue weighted by Crippen LogP contribution is 2.47. The van der Waals surface area contributed by atoms with Crippen molar-refractivity contribution in [2.45, 2.75) is 25.7 Å². The molecule has 6 aromatic carbocycles. The minimum Gasteiger partial charge on any atom is -0.311 e. The Morgan fingerprint density at radius 2 is 1.02 bits per heavy atom. The normalized spacial score (nSPS) is 13.7. The van der Waals surface area contributed by atoms with Gasteiger partial charge in [0.15, 0.2) is 0 Å². The molecular weight excluding hydrogens is 597 g/mol. The molecule has 0 amide bonds. The van der Waals surface area contributed by atoms with Crippen LogP contribution in [0.3, 0.4) is 0 Å². The third-order valence-electron chi connectivity index (χ3n) is 10.3. The van der Waals surface area contributed by atoms with Crippen molar-refractivity contribution in [2.24, 2.45) is 0 Å². The van der Waals surface area contributed by atoms with E-state index in [1.165, 1.54) is 103 Å². The number of fused-ring (bicyclic) bond motifs is 13. The van der Waals surface area contributed by atoms with Gasteiger partial charge in [-0.25, -0.2) is 0 Å². The molecule has 10 aromatic rings. The van der Waals surface area contributed by atoms with Crippen molar-refractivity contribution < 1.29 is 0 Å². The van der Waals surface area contributed by atoms with Gasteiger partial charge in [-0.15, -0.1) is 22.7 Å². The second-order valence-corrected chi connectivity index (χ2v) is 14.8. The van der Waals surface area contributed by atoms with E-state index in [4.69, 9.17) is 0 Å². The second kappa shape index (κ2) is 9.32. The van der Waals surface area contributed by atoms with Crippen molar-refractivity contribution in [3.8, 4) is 11.4 Å². The zero-order chi connectivity index (χ0) is 29.9. The van der Waals surface area contributed by atoms with E-state index < -0.39 is 0 Å². The summed E-state index contributed by atoms with van der Waals surface area (Å²) in [5.41, 5.74) is 9.54. The lowest BCUT2D eigenvalue weighted by Crippen LogP contribution is -2.07. The predicted octanol–water partition coefficient (Wildman–Crippen LogP) is 12.3. The molecule has 4 heterocycles. The van der Waals surface area contributed by atoms with Crippen LogP contribution in [0.5, 0.6) is 0 Å². The van der Waals surface area contributed by atoms with E-state index in [-0.39, 0.29) is 0 Å². The van der Waals surface area contributed by atoms with E-state index in [0.29, 0.717) is 0 Å². The van der Waals surface area contributed by atoms with Crippen molar-refractivity contribution in [3.05, 3.63) is 133 Å². The fraction of sp³-hybridized carbons (Fsp3) is 0.0952. The van der Waals surface area contributed by atoms with Gasteiger partial charge in [-0.2, -0.15) is 0 Å². The maximum absolute atomic E-state index is 2.68. The van der Waals surface area contributed by atoms with Crippen LogP contribution in [0.1, 0.15) is 24.1 Å². The molecule has 0 radical (unpaired) electrons. The molecule has 0 N–H and O–H groups in total. The molecule has 0 saturated carbocycles. The maximum atomic E-state index is 2.68. The minimum atomic E-state index is 1.12. The number of hydrogen-bond acceptors (Lipinski definition) is 2. The van der Waals surface area contributed by atoms with Crippen molar-refractivity contribution in [1.29, 1.82) is 0 Å². The molecule has 4 heteroatoms. The summed E-state index contributed by atoms with van der Waals surface area (Å²) in [4.78, 5) is 0. The largest absolute Gasteiger partial charge is 0.311 e. The number of para-hydroxylation sites is 1. The second-order valence-electron chi connectivity index (χ2n) is 12.7. The number of benzene rings is 6. The van der Waals surface area contributed by atoms with Crippen molar-refractivity contribution in [3.63, 3.8) is 0 Å². The lowest BCUT2D eigenvalue weighted by Gasteiger charge is -2.17. The molecule has 218 valence electrons. The van der Waals surface area contributed by atoms with Gasteiger partial charge >= 0.3 is 0 Å². The summed E-state index contributed by atoms with van der Waals surface area (Å²) in [5, 5.41) is 9.48. The first kappa shape index (κ1) is 25.3. The topological polar surface area (TPSA) is 9.86 Å². The molecule has 2 nitrogen and oxygen atoms in total. The van der Waals surface area contributed by atoms with Gasteiger partial charge in [-0.3, -0.25) is 0 Å². The molecule has 4 aromatic heterocycles. The van der Waals surface area contributed by atoms with Crippen LogP contribution < -0.4 is 0 Å². The third-order valence-corrected chi connectivity index (χ3v) is 12.7. The van der Waals surface area contributed by atoms with E-state index in [9.17, 15) is 0 Å². The molecule has 11 rings (SSSR count). The third kappa shape index (κ3) is 3.25. The van der Waals surface area contributed by atoms with E-state index in [2.05, 4.69) is 130 Å². The fourth-order valence-electron chi connectivity index (χ4n) is 8.42. The number of thiophene rings is 2. The van der Waals surface area contributed by atoms with Gasteiger partial charge in [0.2, 0.25) is 0 Å². The molecule has 0 aliphatic heterocycles. The molecule has 1 aliphatic carbocycles. The Morgan fingerprint density at radius 1 is 0.435 bits per heavy atom. The van der Waals surface area contributed by atoms with Crippen LogP contribution in [0.25, 0.3) is 84.4 Å². The molecule has 0 spiro atoms. The van der Waals surface area contributed by atoms with Gasteiger partial charge in [-0.1, -0.05) is 84.9 Å². The van der Waals surface area contributed by atoms with E-state index in [1.54, 1.807) is 5.56 Å². The number of aromatic nitrogens is 2. The average Bonchev–Trinajstić information content (AvgIpc) is 3.86. The Kier molecular flexibility index (Phi) is 5.13. The highest BCUT2D eigenvalue weighted by Gasteiger charge is 2.27. The summed E-state index contributed by atoms with van der Waals surface area (Å²) in [5.74, 6) is 0. The van der Waals surface area contributed by atoms with Crippen LogP contribution in [-0.4, -0.2) is 9.13 Å². The van der Waals surface area contributed by atoms with E-state index in [0.717, 1.165) is 12.8 Å². The average molecular weight is 625 g/mol. The number of aryl methyl sites for hydroxylation is 1. The Morgan fingerprint density at radius 3 is 1.74 bits per heavy atom. The smallest absolute Gasteiger partial charge is 0.0640 e. The summed E-state index contributed by atoms with van der Waals surface area (Å²) < 4.78 is 10.6. The maximum Gasteiger partial charge on any atom is 0.0640 e. The molecule has 0 saturated heterocycles. The van der Waals surface area contributed by atoms with E-state index >= 15 is 0 Å². The van der Waals surface area contributed by atoms with Gasteiger partial charge in [0.25, 0.3) is 0 Å². The summed E-state index contributed by atoms with van der Waals surface area (Å²) in [7, 11) is 0. The highest BCUT2D eigenvalue weighted by atomic mass is 32.1. The monoisotopic (exact) mass is 624 g/mol. The summed E-state index contributed by atoms with van der Waals surface area (Å²) in [6, 6.07) is 45.4. The minimum absolute atomic E-state index is 1.12. The number of hydrogen-bond donors (Lipinski definition) is 0. The van der Waals surface area contributed by atoms with Crippen LogP contribution in [-0.2, 0) is 12.8 Å².